The van der Waals surface area contributed by atoms with Crippen molar-refractivity contribution in [3.8, 4) is 0 Å². The lowest BCUT2D eigenvalue weighted by atomic mass is 9.85. The number of nitrogens with zero attached hydrogens (tertiary/aromatic N) is 1. The van der Waals surface area contributed by atoms with Crippen LogP contribution in [-0.2, 0) is 16.0 Å². The quantitative estimate of drug-likeness (QED) is 0.644. The fourth-order valence-corrected chi connectivity index (χ4v) is 5.22. The van der Waals surface area contributed by atoms with Gasteiger partial charge in [-0.25, -0.2) is 4.39 Å². The van der Waals surface area contributed by atoms with Gasteiger partial charge in [-0.2, -0.15) is 0 Å². The van der Waals surface area contributed by atoms with E-state index >= 15 is 0 Å². The number of thioether (sulfide) groups is 1. The molecule has 2 saturated heterocycles. The summed E-state index contributed by atoms with van der Waals surface area (Å²) < 4.78 is 13.2. The highest BCUT2D eigenvalue weighted by atomic mass is 32.2. The van der Waals surface area contributed by atoms with Crippen LogP contribution in [0.3, 0.4) is 0 Å². The molecule has 0 radical (unpaired) electrons. The standard InChI is InChI=1S/C25H29FN2O2S/c1-31-22-8-2-18(3-9-22)16-25(13-10-23(29)27-25)14-11-24(30)28-15-12-20(17-28)19-4-6-21(26)7-5-19/h2-9,20H,10-17H2,1H3,(H,27,29)/t20-,25+/m1/s1. The molecule has 0 unspecified atom stereocenters. The number of rotatable bonds is 7. The topological polar surface area (TPSA) is 49.4 Å². The van der Waals surface area contributed by atoms with E-state index in [9.17, 15) is 14.0 Å². The Morgan fingerprint density at radius 1 is 1.19 bits per heavy atom. The van der Waals surface area contributed by atoms with Gasteiger partial charge in [0.2, 0.25) is 11.8 Å². The van der Waals surface area contributed by atoms with E-state index in [1.165, 1.54) is 22.6 Å². The molecule has 0 spiro atoms. The summed E-state index contributed by atoms with van der Waals surface area (Å²) in [6, 6.07) is 15.1. The highest BCUT2D eigenvalue weighted by molar-refractivity contribution is 7.98. The first kappa shape index (κ1) is 21.9. The fraction of sp³-hybridized carbons (Fsp3) is 0.440. The average molecular weight is 441 g/mol. The molecule has 4 rings (SSSR count). The molecule has 0 aromatic heterocycles. The van der Waals surface area contributed by atoms with Crippen LogP contribution in [0.1, 0.15) is 49.1 Å². The van der Waals surface area contributed by atoms with Crippen LogP contribution in [0, 0.1) is 5.82 Å². The first-order valence-electron chi connectivity index (χ1n) is 10.9. The number of likely N-dealkylation sites (tertiary alicyclic amines) is 1. The lowest BCUT2D eigenvalue weighted by Gasteiger charge is -2.30. The minimum absolute atomic E-state index is 0.0747. The Morgan fingerprint density at radius 3 is 2.58 bits per heavy atom. The van der Waals surface area contributed by atoms with Crippen molar-refractivity contribution in [2.45, 2.75) is 54.9 Å². The molecule has 1 N–H and O–H groups in total. The normalized spacial score (nSPS) is 23.2. The van der Waals surface area contributed by atoms with E-state index in [0.717, 1.165) is 31.4 Å². The number of benzene rings is 2. The van der Waals surface area contributed by atoms with Crippen LogP contribution in [0.5, 0.6) is 0 Å². The summed E-state index contributed by atoms with van der Waals surface area (Å²) in [4.78, 5) is 28.1. The Labute approximate surface area is 187 Å². The van der Waals surface area contributed by atoms with Gasteiger partial charge in [-0.05, 0) is 67.3 Å². The van der Waals surface area contributed by atoms with Gasteiger partial charge in [-0.1, -0.05) is 24.3 Å². The van der Waals surface area contributed by atoms with Gasteiger partial charge in [0, 0.05) is 42.3 Å². The van der Waals surface area contributed by atoms with Crippen molar-refractivity contribution in [3.63, 3.8) is 0 Å². The average Bonchev–Trinajstić information content (AvgIpc) is 3.41. The third-order valence-corrected chi connectivity index (χ3v) is 7.38. The van der Waals surface area contributed by atoms with Crippen LogP contribution in [0.2, 0.25) is 0 Å². The number of carbonyl (C=O) groups excluding carboxylic acids is 2. The molecule has 4 nitrogen and oxygen atoms in total. The monoisotopic (exact) mass is 440 g/mol. The summed E-state index contributed by atoms with van der Waals surface area (Å²) in [5.41, 5.74) is 1.93. The van der Waals surface area contributed by atoms with Gasteiger partial charge < -0.3 is 10.2 Å². The number of hydrogen-bond acceptors (Lipinski definition) is 3. The molecule has 2 amide bonds. The molecule has 2 atom stereocenters. The summed E-state index contributed by atoms with van der Waals surface area (Å²) in [5.74, 6) is 0.245. The van der Waals surface area contributed by atoms with Gasteiger partial charge in [0.15, 0.2) is 0 Å². The van der Waals surface area contributed by atoms with E-state index in [4.69, 9.17) is 0 Å². The van der Waals surface area contributed by atoms with E-state index in [2.05, 4.69) is 35.8 Å². The van der Waals surface area contributed by atoms with E-state index in [0.29, 0.717) is 25.8 Å². The summed E-state index contributed by atoms with van der Waals surface area (Å²) in [7, 11) is 0. The van der Waals surface area contributed by atoms with Gasteiger partial charge in [-0.3, -0.25) is 9.59 Å². The van der Waals surface area contributed by atoms with Crippen LogP contribution in [0.4, 0.5) is 4.39 Å². The number of halogens is 1. The summed E-state index contributed by atoms with van der Waals surface area (Å²) >= 11 is 1.71. The van der Waals surface area contributed by atoms with Gasteiger partial charge in [0.25, 0.3) is 0 Å². The summed E-state index contributed by atoms with van der Waals surface area (Å²) in [6.07, 6.45) is 6.08. The minimum atomic E-state index is -0.344. The molecule has 164 valence electrons. The third kappa shape index (κ3) is 5.29. The lowest BCUT2D eigenvalue weighted by molar-refractivity contribution is -0.131. The maximum absolute atomic E-state index is 13.2. The van der Waals surface area contributed by atoms with Crippen LogP contribution in [0.15, 0.2) is 53.4 Å². The van der Waals surface area contributed by atoms with Crippen LogP contribution < -0.4 is 5.32 Å². The lowest BCUT2D eigenvalue weighted by Crippen LogP contribution is -2.44. The molecule has 31 heavy (non-hydrogen) atoms. The van der Waals surface area contributed by atoms with Crippen molar-refractivity contribution < 1.29 is 14.0 Å². The number of hydrogen-bond donors (Lipinski definition) is 1. The second kappa shape index (κ2) is 9.43. The van der Waals surface area contributed by atoms with Crippen molar-refractivity contribution in [3.05, 3.63) is 65.5 Å². The van der Waals surface area contributed by atoms with Crippen LogP contribution in [0.25, 0.3) is 0 Å². The second-order valence-electron chi connectivity index (χ2n) is 8.73. The second-order valence-corrected chi connectivity index (χ2v) is 9.61. The molecule has 2 aromatic carbocycles. The predicted octanol–water partition coefficient (Wildman–Crippen LogP) is 4.54. The highest BCUT2D eigenvalue weighted by Crippen LogP contribution is 2.32. The smallest absolute Gasteiger partial charge is 0.222 e. The SMILES string of the molecule is CSc1ccc(C[C@@]2(CCC(=O)N3CC[C@@H](c4ccc(F)cc4)C3)CCC(=O)N2)cc1. The van der Waals surface area contributed by atoms with Crippen molar-refractivity contribution in [2.24, 2.45) is 0 Å². The van der Waals surface area contributed by atoms with Crippen molar-refractivity contribution in [1.82, 2.24) is 10.2 Å². The molecule has 2 aromatic rings. The minimum Gasteiger partial charge on any atom is -0.350 e. The number of nitrogens with one attached hydrogen (secondary N) is 1. The molecular weight excluding hydrogens is 411 g/mol. The molecular formula is C25H29FN2O2S. The number of amides is 2. The summed E-state index contributed by atoms with van der Waals surface area (Å²) in [6.45, 7) is 1.41. The molecule has 2 fully saturated rings. The Hall–Kier alpha value is -2.34. The highest BCUT2D eigenvalue weighted by Gasteiger charge is 2.38. The predicted molar refractivity (Wildman–Crippen MR) is 122 cm³/mol. The Kier molecular flexibility index (Phi) is 6.65. The maximum atomic E-state index is 13.2. The molecule has 2 aliphatic rings. The van der Waals surface area contributed by atoms with Gasteiger partial charge in [0.1, 0.15) is 5.82 Å². The van der Waals surface area contributed by atoms with E-state index in [1.54, 1.807) is 11.8 Å². The summed E-state index contributed by atoms with van der Waals surface area (Å²) in [5, 5.41) is 3.18. The Bertz CT molecular complexity index is 932. The van der Waals surface area contributed by atoms with Crippen molar-refractivity contribution in [2.75, 3.05) is 19.3 Å². The largest absolute Gasteiger partial charge is 0.350 e. The van der Waals surface area contributed by atoms with Gasteiger partial charge in [0.05, 0.1) is 0 Å². The maximum Gasteiger partial charge on any atom is 0.222 e. The molecule has 2 aliphatic heterocycles. The first-order valence-corrected chi connectivity index (χ1v) is 12.2. The first-order chi connectivity index (χ1) is 15.0. The fourth-order valence-electron chi connectivity index (χ4n) is 4.81. The molecule has 2 heterocycles. The van der Waals surface area contributed by atoms with E-state index in [1.807, 2.05) is 17.0 Å². The van der Waals surface area contributed by atoms with E-state index in [-0.39, 0.29) is 29.1 Å². The Balaban J connectivity index is 1.36. The van der Waals surface area contributed by atoms with Gasteiger partial charge in [-0.15, -0.1) is 11.8 Å². The van der Waals surface area contributed by atoms with E-state index < -0.39 is 0 Å². The van der Waals surface area contributed by atoms with Gasteiger partial charge >= 0.3 is 0 Å². The zero-order valence-electron chi connectivity index (χ0n) is 17.9. The molecule has 6 heteroatoms. The van der Waals surface area contributed by atoms with Crippen molar-refractivity contribution >= 4 is 23.6 Å². The molecule has 0 saturated carbocycles. The zero-order chi connectivity index (χ0) is 21.8. The molecule has 0 bridgehead atoms. The van der Waals surface area contributed by atoms with Crippen LogP contribution >= 0.6 is 11.8 Å². The third-order valence-electron chi connectivity index (χ3n) is 6.64. The molecule has 0 aliphatic carbocycles. The van der Waals surface area contributed by atoms with Crippen LogP contribution in [-0.4, -0.2) is 41.6 Å². The zero-order valence-corrected chi connectivity index (χ0v) is 18.7. The Morgan fingerprint density at radius 2 is 1.94 bits per heavy atom. The van der Waals surface area contributed by atoms with Crippen molar-refractivity contribution in [1.29, 1.82) is 0 Å². The number of carbonyl (C=O) groups is 2.